The topological polar surface area (TPSA) is 152 Å². The zero-order valence-corrected chi connectivity index (χ0v) is 28.4. The monoisotopic (exact) mass is 698 g/mol. The highest BCUT2D eigenvalue weighted by Gasteiger charge is 2.45. The van der Waals surface area contributed by atoms with Crippen LogP contribution >= 0.6 is 11.6 Å². The molecule has 0 radical (unpaired) electrons. The number of rotatable bonds is 15. The number of carbonyl (C=O) groups is 5. The van der Waals surface area contributed by atoms with Gasteiger partial charge in [0.1, 0.15) is 23.4 Å². The maximum Gasteiger partial charge on any atom is 0.452 e. The SMILES string of the molecule is COc1ccc(C(NC(=O)C(CCCCNC(=O)OC(C)(C)C)NC(=O)c2cccc(Cl)c2)C(=O)NC(C(=O)C(F)(F)F)C(C)C)cc1. The Bertz CT molecular complexity index is 1430. The molecule has 0 aromatic heterocycles. The van der Waals surface area contributed by atoms with E-state index in [9.17, 15) is 37.1 Å². The molecule has 2 aromatic carbocycles. The van der Waals surface area contributed by atoms with Gasteiger partial charge in [0.15, 0.2) is 0 Å². The zero-order chi connectivity index (χ0) is 36.2. The van der Waals surface area contributed by atoms with Gasteiger partial charge in [0.2, 0.25) is 11.8 Å². The average Bonchev–Trinajstić information content (AvgIpc) is 2.99. The highest BCUT2D eigenvalue weighted by Crippen LogP contribution is 2.23. The fourth-order valence-electron chi connectivity index (χ4n) is 4.41. The molecule has 3 atom stereocenters. The first-order valence-corrected chi connectivity index (χ1v) is 15.6. The van der Waals surface area contributed by atoms with Gasteiger partial charge in [0, 0.05) is 17.1 Å². The van der Waals surface area contributed by atoms with E-state index in [-0.39, 0.29) is 29.1 Å². The Kier molecular flexibility index (Phi) is 14.7. The summed E-state index contributed by atoms with van der Waals surface area (Å²) < 4.78 is 50.4. The second-order valence-corrected chi connectivity index (χ2v) is 12.7. The number of halogens is 4. The summed E-state index contributed by atoms with van der Waals surface area (Å²) in [5.41, 5.74) is -0.369. The number of ketones is 1. The number of unbranched alkanes of at least 4 members (excludes halogenated alkanes) is 1. The van der Waals surface area contributed by atoms with Crippen LogP contribution < -0.4 is 26.0 Å². The van der Waals surface area contributed by atoms with Crippen molar-refractivity contribution in [2.24, 2.45) is 5.92 Å². The van der Waals surface area contributed by atoms with Crippen LogP contribution in [0.2, 0.25) is 5.02 Å². The van der Waals surface area contributed by atoms with Crippen molar-refractivity contribution >= 4 is 41.2 Å². The molecule has 264 valence electrons. The fourth-order valence-corrected chi connectivity index (χ4v) is 4.60. The smallest absolute Gasteiger partial charge is 0.452 e. The van der Waals surface area contributed by atoms with E-state index in [1.165, 1.54) is 57.4 Å². The number of carbonyl (C=O) groups excluding carboxylic acids is 5. The summed E-state index contributed by atoms with van der Waals surface area (Å²) in [6.07, 6.45) is -5.09. The molecule has 4 N–H and O–H groups in total. The van der Waals surface area contributed by atoms with Crippen molar-refractivity contribution in [1.82, 2.24) is 21.3 Å². The number of hydrogen-bond acceptors (Lipinski definition) is 7. The first-order chi connectivity index (χ1) is 22.3. The summed E-state index contributed by atoms with van der Waals surface area (Å²) in [6.45, 7) is 8.04. The summed E-state index contributed by atoms with van der Waals surface area (Å²) in [5, 5.41) is 10.2. The lowest BCUT2D eigenvalue weighted by Crippen LogP contribution is -2.54. The normalized spacial score (nSPS) is 13.5. The van der Waals surface area contributed by atoms with Crippen molar-refractivity contribution in [2.45, 2.75) is 83.8 Å². The first-order valence-electron chi connectivity index (χ1n) is 15.2. The summed E-state index contributed by atoms with van der Waals surface area (Å²) in [4.78, 5) is 64.5. The number of amides is 4. The van der Waals surface area contributed by atoms with Crippen LogP contribution in [0.1, 0.15) is 75.8 Å². The fraction of sp³-hybridized carbons (Fsp3) is 0.485. The molecule has 4 amide bonds. The Balaban J connectivity index is 2.34. The van der Waals surface area contributed by atoms with E-state index < -0.39 is 65.4 Å². The van der Waals surface area contributed by atoms with Gasteiger partial charge in [-0.1, -0.05) is 43.6 Å². The minimum Gasteiger partial charge on any atom is -0.497 e. The number of benzene rings is 2. The Hall–Kier alpha value is -4.33. The summed E-state index contributed by atoms with van der Waals surface area (Å²) in [5.74, 6) is -5.23. The van der Waals surface area contributed by atoms with Gasteiger partial charge < -0.3 is 30.7 Å². The molecule has 0 aliphatic heterocycles. The van der Waals surface area contributed by atoms with E-state index in [4.69, 9.17) is 21.1 Å². The van der Waals surface area contributed by atoms with Crippen LogP contribution in [0.25, 0.3) is 0 Å². The van der Waals surface area contributed by atoms with E-state index in [0.29, 0.717) is 18.6 Å². The van der Waals surface area contributed by atoms with Gasteiger partial charge in [-0.2, -0.15) is 13.2 Å². The second-order valence-electron chi connectivity index (χ2n) is 12.3. The van der Waals surface area contributed by atoms with Gasteiger partial charge in [-0.15, -0.1) is 0 Å². The number of methoxy groups -OCH3 is 1. The van der Waals surface area contributed by atoms with Gasteiger partial charge in [-0.3, -0.25) is 19.2 Å². The maximum atomic E-state index is 13.7. The lowest BCUT2D eigenvalue weighted by atomic mass is 9.97. The maximum absolute atomic E-state index is 13.7. The van der Waals surface area contributed by atoms with Crippen LogP contribution in [0.4, 0.5) is 18.0 Å². The summed E-state index contributed by atoms with van der Waals surface area (Å²) in [7, 11) is 1.41. The number of Topliss-reactive ketones (excluding diaryl/α,β-unsaturated/α-hetero) is 1. The summed E-state index contributed by atoms with van der Waals surface area (Å²) in [6, 6.07) is 7.10. The van der Waals surface area contributed by atoms with Crippen molar-refractivity contribution in [1.29, 1.82) is 0 Å². The molecule has 3 unspecified atom stereocenters. The van der Waals surface area contributed by atoms with Gasteiger partial charge in [-0.25, -0.2) is 4.79 Å². The largest absolute Gasteiger partial charge is 0.497 e. The molecule has 0 heterocycles. The zero-order valence-electron chi connectivity index (χ0n) is 27.6. The molecule has 48 heavy (non-hydrogen) atoms. The molecular weight excluding hydrogens is 657 g/mol. The minimum absolute atomic E-state index is 0.0479. The van der Waals surface area contributed by atoms with Crippen LogP contribution in [-0.2, 0) is 19.1 Å². The molecule has 0 saturated carbocycles. The molecular formula is C33H42ClF3N4O7. The number of hydrogen-bond donors (Lipinski definition) is 4. The number of alkyl halides is 3. The van der Waals surface area contributed by atoms with E-state index in [1.807, 2.05) is 0 Å². The molecule has 0 aliphatic carbocycles. The summed E-state index contributed by atoms with van der Waals surface area (Å²) >= 11 is 6.03. The first kappa shape index (κ1) is 39.8. The molecule has 2 rings (SSSR count). The van der Waals surface area contributed by atoms with Crippen molar-refractivity contribution in [2.75, 3.05) is 13.7 Å². The van der Waals surface area contributed by atoms with Gasteiger partial charge in [-0.05, 0) is 81.8 Å². The minimum atomic E-state index is -5.21. The Morgan fingerprint density at radius 3 is 2.06 bits per heavy atom. The van der Waals surface area contributed by atoms with Crippen molar-refractivity contribution in [3.63, 3.8) is 0 Å². The van der Waals surface area contributed by atoms with Crippen LogP contribution in [0.3, 0.4) is 0 Å². The molecule has 2 aromatic rings. The lowest BCUT2D eigenvalue weighted by Gasteiger charge is -2.27. The second kappa shape index (κ2) is 17.7. The number of alkyl carbamates (subject to hydrolysis) is 1. The molecule has 0 fully saturated rings. The highest BCUT2D eigenvalue weighted by atomic mass is 35.5. The predicted molar refractivity (Wildman–Crippen MR) is 173 cm³/mol. The van der Waals surface area contributed by atoms with Crippen LogP contribution in [0, 0.1) is 5.92 Å². The van der Waals surface area contributed by atoms with Gasteiger partial charge >= 0.3 is 12.3 Å². The molecule has 11 nitrogen and oxygen atoms in total. The van der Waals surface area contributed by atoms with Gasteiger partial charge in [0.05, 0.1) is 13.2 Å². The predicted octanol–water partition coefficient (Wildman–Crippen LogP) is 5.27. The number of nitrogens with one attached hydrogen (secondary N) is 4. The molecule has 0 spiro atoms. The molecule has 15 heteroatoms. The standard InChI is InChI=1S/C33H42ClF3N4O7/c1-19(2)25(27(42)33(35,36)37)40-30(45)26(20-13-15-23(47-6)16-14-20)41-29(44)24(39-28(43)21-10-9-11-22(34)18-21)12-7-8-17-38-31(46)48-32(3,4)5/h9-11,13-16,18-19,24-26H,7-8,12,17H2,1-6H3,(H,38,46)(H,39,43)(H,40,45)(H,41,44). The van der Waals surface area contributed by atoms with Gasteiger partial charge in [0.25, 0.3) is 11.7 Å². The Morgan fingerprint density at radius 1 is 0.875 bits per heavy atom. The third kappa shape index (κ3) is 13.1. The number of ether oxygens (including phenoxy) is 2. The van der Waals surface area contributed by atoms with Crippen molar-refractivity contribution in [3.8, 4) is 5.75 Å². The van der Waals surface area contributed by atoms with Crippen LogP contribution in [0.15, 0.2) is 48.5 Å². The Morgan fingerprint density at radius 2 is 1.52 bits per heavy atom. The average molecular weight is 699 g/mol. The molecule has 0 bridgehead atoms. The quantitative estimate of drug-likeness (QED) is 0.185. The van der Waals surface area contributed by atoms with Crippen molar-refractivity contribution in [3.05, 3.63) is 64.7 Å². The van der Waals surface area contributed by atoms with Crippen LogP contribution in [-0.4, -0.2) is 67.1 Å². The lowest BCUT2D eigenvalue weighted by molar-refractivity contribution is -0.175. The van der Waals surface area contributed by atoms with E-state index in [1.54, 1.807) is 32.9 Å². The third-order valence-corrected chi connectivity index (χ3v) is 7.06. The van der Waals surface area contributed by atoms with E-state index in [0.717, 1.165) is 0 Å². The van der Waals surface area contributed by atoms with E-state index in [2.05, 4.69) is 21.3 Å². The highest BCUT2D eigenvalue weighted by molar-refractivity contribution is 6.31. The van der Waals surface area contributed by atoms with Crippen LogP contribution in [0.5, 0.6) is 5.75 Å². The molecule has 0 aliphatic rings. The van der Waals surface area contributed by atoms with Crippen molar-refractivity contribution < 1.29 is 46.6 Å². The Labute approximate surface area is 282 Å². The molecule has 0 saturated heterocycles. The van der Waals surface area contributed by atoms with E-state index >= 15 is 0 Å². The third-order valence-electron chi connectivity index (χ3n) is 6.82.